The van der Waals surface area contributed by atoms with Gasteiger partial charge in [-0.05, 0) is 33.0 Å². The van der Waals surface area contributed by atoms with Crippen LogP contribution in [0.1, 0.15) is 18.2 Å². The summed E-state index contributed by atoms with van der Waals surface area (Å²) in [5.41, 5.74) is 2.83. The minimum atomic E-state index is 0.639. The zero-order chi connectivity index (χ0) is 11.7. The highest BCUT2D eigenvalue weighted by Crippen LogP contribution is 2.18. The zero-order valence-corrected chi connectivity index (χ0v) is 10.4. The summed E-state index contributed by atoms with van der Waals surface area (Å²) in [6.07, 6.45) is 8.56. The summed E-state index contributed by atoms with van der Waals surface area (Å²) in [4.78, 5) is 5.72. The van der Waals surface area contributed by atoms with Gasteiger partial charge in [-0.1, -0.05) is 24.8 Å². The number of fused-ring (bicyclic) bond motifs is 1. The van der Waals surface area contributed by atoms with Crippen LogP contribution in [0.25, 0.3) is 12.7 Å². The van der Waals surface area contributed by atoms with E-state index in [1.165, 1.54) is 16.5 Å². The Labute approximate surface area is 97.0 Å². The second-order valence-corrected chi connectivity index (χ2v) is 4.69. The molecule has 86 valence electrons. The molecule has 1 aliphatic rings. The lowest BCUT2D eigenvalue weighted by atomic mass is 10.1. The first-order valence-corrected chi connectivity index (χ1v) is 5.81. The Bertz CT molecular complexity index is 506. The van der Waals surface area contributed by atoms with E-state index in [2.05, 4.69) is 48.8 Å². The number of rotatable bonds is 2. The van der Waals surface area contributed by atoms with Gasteiger partial charge in [0.25, 0.3) is 0 Å². The molecule has 1 atom stereocenters. The van der Waals surface area contributed by atoms with Gasteiger partial charge in [0, 0.05) is 28.7 Å². The normalized spacial score (nSPS) is 21.2. The molecule has 1 aromatic rings. The number of nitrogens with zero attached hydrogens (tertiary/aromatic N) is 1. The maximum Gasteiger partial charge on any atom is 0.0385 e. The summed E-state index contributed by atoms with van der Waals surface area (Å²) in [6, 6.07) is 0.639. The lowest BCUT2D eigenvalue weighted by Gasteiger charge is -2.17. The number of allylic oxidation sites excluding steroid dienone is 2. The number of hydrogen-bond acceptors (Lipinski definition) is 1. The van der Waals surface area contributed by atoms with E-state index >= 15 is 0 Å². The number of nitrogens with one attached hydrogen (secondary N) is 1. The average Bonchev–Trinajstić information content (AvgIpc) is 2.73. The molecule has 1 unspecified atom stereocenters. The Kier molecular flexibility index (Phi) is 3.01. The molecular weight excluding hydrogens is 196 g/mol. The third kappa shape index (κ3) is 1.85. The first-order valence-electron chi connectivity index (χ1n) is 5.81. The maximum absolute atomic E-state index is 4.07. The topological polar surface area (TPSA) is 19.0 Å². The minimum Gasteiger partial charge on any atom is -0.359 e. The van der Waals surface area contributed by atoms with Gasteiger partial charge in [0.2, 0.25) is 0 Å². The molecule has 0 bridgehead atoms. The van der Waals surface area contributed by atoms with Crippen molar-refractivity contribution in [2.24, 2.45) is 0 Å². The highest BCUT2D eigenvalue weighted by Gasteiger charge is 2.25. The predicted molar refractivity (Wildman–Crippen MR) is 69.7 cm³/mol. The number of aromatic amines is 1. The quantitative estimate of drug-likeness (QED) is 0.775. The molecule has 0 saturated heterocycles. The SMILES string of the molecule is C=c1[nH]c2c(/c1=C/C=C\C)CC(N(C)C)C2. The van der Waals surface area contributed by atoms with Crippen LogP contribution in [0.15, 0.2) is 12.2 Å². The molecule has 0 spiro atoms. The van der Waals surface area contributed by atoms with Gasteiger partial charge in [-0.2, -0.15) is 0 Å². The van der Waals surface area contributed by atoms with Gasteiger partial charge in [-0.25, -0.2) is 0 Å². The lowest BCUT2D eigenvalue weighted by Crippen LogP contribution is -2.31. The van der Waals surface area contributed by atoms with Gasteiger partial charge in [0.15, 0.2) is 0 Å². The second-order valence-electron chi connectivity index (χ2n) is 4.69. The fourth-order valence-corrected chi connectivity index (χ4v) is 2.38. The van der Waals surface area contributed by atoms with Crippen LogP contribution in [0, 0.1) is 0 Å². The molecule has 0 aromatic carbocycles. The highest BCUT2D eigenvalue weighted by atomic mass is 15.1. The highest BCUT2D eigenvalue weighted by molar-refractivity contribution is 5.44. The van der Waals surface area contributed by atoms with Crippen molar-refractivity contribution in [2.75, 3.05) is 14.1 Å². The zero-order valence-electron chi connectivity index (χ0n) is 10.4. The van der Waals surface area contributed by atoms with E-state index in [0.29, 0.717) is 6.04 Å². The lowest BCUT2D eigenvalue weighted by molar-refractivity contribution is 0.302. The van der Waals surface area contributed by atoms with Crippen LogP contribution >= 0.6 is 0 Å². The van der Waals surface area contributed by atoms with Crippen molar-refractivity contribution in [3.05, 3.63) is 34.0 Å². The molecule has 0 saturated carbocycles. The molecule has 0 amide bonds. The van der Waals surface area contributed by atoms with Crippen molar-refractivity contribution < 1.29 is 0 Å². The second kappa shape index (κ2) is 4.30. The fourth-order valence-electron chi connectivity index (χ4n) is 2.38. The summed E-state index contributed by atoms with van der Waals surface area (Å²) in [5, 5.41) is 2.35. The van der Waals surface area contributed by atoms with E-state index < -0.39 is 0 Å². The average molecular weight is 216 g/mol. The first kappa shape index (κ1) is 11.2. The van der Waals surface area contributed by atoms with Crippen molar-refractivity contribution in [3.8, 4) is 0 Å². The van der Waals surface area contributed by atoms with Crippen molar-refractivity contribution in [2.45, 2.75) is 25.8 Å². The summed E-state index contributed by atoms with van der Waals surface area (Å²) in [6.45, 7) is 6.11. The predicted octanol–water partition coefficient (Wildman–Crippen LogP) is 0.810. The molecule has 1 heterocycles. The molecule has 1 N–H and O–H groups in total. The Morgan fingerprint density at radius 1 is 1.38 bits per heavy atom. The third-order valence-corrected chi connectivity index (χ3v) is 3.38. The van der Waals surface area contributed by atoms with E-state index in [0.717, 1.165) is 18.2 Å². The first-order chi connectivity index (χ1) is 7.63. The van der Waals surface area contributed by atoms with E-state index in [1.54, 1.807) is 0 Å². The monoisotopic (exact) mass is 216 g/mol. The molecule has 1 aliphatic carbocycles. The molecular formula is C14H20N2. The number of likely N-dealkylation sites (N-methyl/N-ethyl adjacent to an activating group) is 1. The minimum absolute atomic E-state index is 0.639. The van der Waals surface area contributed by atoms with Gasteiger partial charge >= 0.3 is 0 Å². The van der Waals surface area contributed by atoms with Gasteiger partial charge in [0.05, 0.1) is 0 Å². The molecule has 1 aromatic heterocycles. The molecule has 16 heavy (non-hydrogen) atoms. The Hall–Kier alpha value is -1.28. The summed E-state index contributed by atoms with van der Waals surface area (Å²) in [5.74, 6) is 0. The van der Waals surface area contributed by atoms with Crippen LogP contribution in [0.5, 0.6) is 0 Å². The van der Waals surface area contributed by atoms with Crippen molar-refractivity contribution in [3.63, 3.8) is 0 Å². The van der Waals surface area contributed by atoms with E-state index in [9.17, 15) is 0 Å². The number of aromatic nitrogens is 1. The van der Waals surface area contributed by atoms with Crippen LogP contribution in [-0.2, 0) is 12.8 Å². The molecule has 0 aliphatic heterocycles. The Morgan fingerprint density at radius 2 is 2.12 bits per heavy atom. The molecule has 2 heteroatoms. The van der Waals surface area contributed by atoms with Gasteiger partial charge in [0.1, 0.15) is 0 Å². The summed E-state index contributed by atoms with van der Waals surface area (Å²) < 4.78 is 0. The van der Waals surface area contributed by atoms with Crippen molar-refractivity contribution in [1.29, 1.82) is 0 Å². The largest absolute Gasteiger partial charge is 0.359 e. The molecule has 2 rings (SSSR count). The molecule has 2 nitrogen and oxygen atoms in total. The van der Waals surface area contributed by atoms with Crippen LogP contribution < -0.4 is 10.6 Å². The standard InChI is InChI=1S/C14H20N2/c1-5-6-7-12-10(2)15-14-9-11(16(3)4)8-13(12)14/h5-7,11,15H,2,8-9H2,1,3-4H3/b6-5-,12-7+. The maximum atomic E-state index is 4.07. The fraction of sp³-hybridized carbons (Fsp3) is 0.429. The van der Waals surface area contributed by atoms with Gasteiger partial charge < -0.3 is 9.88 Å². The number of H-pyrrole nitrogens is 1. The van der Waals surface area contributed by atoms with Crippen molar-refractivity contribution >= 4 is 12.7 Å². The number of hydrogen-bond donors (Lipinski definition) is 1. The molecule has 0 radical (unpaired) electrons. The van der Waals surface area contributed by atoms with Crippen LogP contribution in [-0.4, -0.2) is 30.0 Å². The van der Waals surface area contributed by atoms with Crippen LogP contribution in [0.2, 0.25) is 0 Å². The Balaban J connectivity index is 2.42. The molecule has 0 fully saturated rings. The van der Waals surface area contributed by atoms with Gasteiger partial charge in [-0.3, -0.25) is 0 Å². The summed E-state index contributed by atoms with van der Waals surface area (Å²) >= 11 is 0. The van der Waals surface area contributed by atoms with E-state index in [4.69, 9.17) is 0 Å². The van der Waals surface area contributed by atoms with Crippen LogP contribution in [0.4, 0.5) is 0 Å². The summed E-state index contributed by atoms with van der Waals surface area (Å²) in [7, 11) is 4.30. The third-order valence-electron chi connectivity index (χ3n) is 3.38. The van der Waals surface area contributed by atoms with Crippen molar-refractivity contribution in [1.82, 2.24) is 9.88 Å². The Morgan fingerprint density at radius 3 is 2.75 bits per heavy atom. The van der Waals surface area contributed by atoms with E-state index in [-0.39, 0.29) is 0 Å². The van der Waals surface area contributed by atoms with Gasteiger partial charge in [-0.15, -0.1) is 0 Å². The van der Waals surface area contributed by atoms with Crippen LogP contribution in [0.3, 0.4) is 0 Å². The smallest absolute Gasteiger partial charge is 0.0385 e. The van der Waals surface area contributed by atoms with E-state index in [1.807, 2.05) is 6.92 Å².